The number of fused-ring (bicyclic) bond motifs is 2. The Bertz CT molecular complexity index is 1700. The third kappa shape index (κ3) is 6.00. The first-order chi connectivity index (χ1) is 18.6. The lowest BCUT2D eigenvalue weighted by molar-refractivity contribution is -0.121. The first-order valence-corrected chi connectivity index (χ1v) is 13.5. The summed E-state index contributed by atoms with van der Waals surface area (Å²) in [6.07, 6.45) is 3.26. The number of hydrogen-bond acceptors (Lipinski definition) is 6. The summed E-state index contributed by atoms with van der Waals surface area (Å²) in [4.78, 5) is 47.5. The summed E-state index contributed by atoms with van der Waals surface area (Å²) in [7, 11) is 0. The topological polar surface area (TPSA) is 98.4 Å². The van der Waals surface area contributed by atoms with E-state index in [1.165, 1.54) is 27.8 Å². The predicted octanol–water partition coefficient (Wildman–Crippen LogP) is 3.84. The van der Waals surface area contributed by atoms with Gasteiger partial charge in [0.1, 0.15) is 5.65 Å². The summed E-state index contributed by atoms with van der Waals surface area (Å²) < 4.78 is 3.11. The Hall–Kier alpha value is -4.24. The predicted molar refractivity (Wildman–Crippen MR) is 149 cm³/mol. The van der Waals surface area contributed by atoms with Crippen molar-refractivity contribution in [3.05, 3.63) is 117 Å². The second kappa shape index (κ2) is 11.9. The van der Waals surface area contributed by atoms with Crippen LogP contribution in [0.2, 0.25) is 0 Å². The second-order valence-electron chi connectivity index (χ2n) is 8.86. The number of pyridine rings is 1. The molecule has 0 bridgehead atoms. The number of benzene rings is 2. The Morgan fingerprint density at radius 1 is 0.921 bits per heavy atom. The number of para-hydroxylation sites is 1. The summed E-state index contributed by atoms with van der Waals surface area (Å²) >= 11 is 1.36. The Labute approximate surface area is 223 Å². The molecule has 1 N–H and O–H groups in total. The van der Waals surface area contributed by atoms with Gasteiger partial charge in [-0.25, -0.2) is 9.97 Å². The monoisotopic (exact) mass is 525 g/mol. The number of aromatic nitrogens is 4. The lowest BCUT2D eigenvalue weighted by Gasteiger charge is -2.13. The average molecular weight is 526 g/mol. The second-order valence-corrected chi connectivity index (χ2v) is 9.80. The average Bonchev–Trinajstić information content (AvgIpc) is 2.94. The highest BCUT2D eigenvalue weighted by Crippen LogP contribution is 2.22. The van der Waals surface area contributed by atoms with Crippen LogP contribution < -0.4 is 16.4 Å². The largest absolute Gasteiger partial charge is 0.356 e. The van der Waals surface area contributed by atoms with Crippen molar-refractivity contribution in [1.82, 2.24) is 24.3 Å². The van der Waals surface area contributed by atoms with Gasteiger partial charge in [-0.2, -0.15) is 0 Å². The molecule has 0 fully saturated rings. The van der Waals surface area contributed by atoms with Crippen molar-refractivity contribution in [2.75, 3.05) is 6.54 Å². The van der Waals surface area contributed by atoms with Gasteiger partial charge in [0.25, 0.3) is 11.1 Å². The van der Waals surface area contributed by atoms with E-state index in [0.717, 1.165) is 6.42 Å². The summed E-state index contributed by atoms with van der Waals surface area (Å²) in [6, 6.07) is 24.1. The van der Waals surface area contributed by atoms with Crippen molar-refractivity contribution >= 4 is 34.2 Å². The van der Waals surface area contributed by atoms with Crippen LogP contribution in [0.25, 0.3) is 16.6 Å². The van der Waals surface area contributed by atoms with Gasteiger partial charge in [-0.05, 0) is 42.7 Å². The number of nitrogens with one attached hydrogen (secondary N) is 1. The molecule has 0 aliphatic heterocycles. The highest BCUT2D eigenvalue weighted by Gasteiger charge is 2.13. The molecule has 0 aliphatic rings. The van der Waals surface area contributed by atoms with E-state index in [1.807, 2.05) is 54.6 Å². The maximum atomic E-state index is 13.3. The van der Waals surface area contributed by atoms with Crippen LogP contribution in [0.5, 0.6) is 0 Å². The zero-order valence-corrected chi connectivity index (χ0v) is 21.6. The molecular formula is C29H27N5O3S. The number of thioether (sulfide) groups is 1. The lowest BCUT2D eigenvalue weighted by atomic mass is 10.1. The fourth-order valence-electron chi connectivity index (χ4n) is 4.25. The van der Waals surface area contributed by atoms with Crippen molar-refractivity contribution < 1.29 is 4.79 Å². The molecule has 192 valence electrons. The van der Waals surface area contributed by atoms with Gasteiger partial charge < -0.3 is 5.32 Å². The third-order valence-corrected chi connectivity index (χ3v) is 7.17. The Balaban J connectivity index is 1.28. The van der Waals surface area contributed by atoms with Gasteiger partial charge in [-0.3, -0.25) is 23.4 Å². The minimum absolute atomic E-state index is 0.0437. The van der Waals surface area contributed by atoms with E-state index >= 15 is 0 Å². The van der Waals surface area contributed by atoms with Crippen molar-refractivity contribution in [2.24, 2.45) is 0 Å². The van der Waals surface area contributed by atoms with Crippen LogP contribution in [0.1, 0.15) is 24.1 Å². The summed E-state index contributed by atoms with van der Waals surface area (Å²) in [5, 5.41) is 4.02. The Morgan fingerprint density at radius 3 is 2.58 bits per heavy atom. The van der Waals surface area contributed by atoms with Crippen molar-refractivity contribution in [2.45, 2.75) is 36.7 Å². The van der Waals surface area contributed by atoms with E-state index in [-0.39, 0.29) is 17.0 Å². The molecule has 1 amide bonds. The third-order valence-electron chi connectivity index (χ3n) is 6.16. The van der Waals surface area contributed by atoms with E-state index < -0.39 is 0 Å². The van der Waals surface area contributed by atoms with Gasteiger partial charge in [-0.15, -0.1) is 0 Å². The maximum Gasteiger partial charge on any atom is 0.262 e. The number of amides is 1. The summed E-state index contributed by atoms with van der Waals surface area (Å²) in [5.41, 5.74) is 2.66. The number of hydrogen-bond donors (Lipinski definition) is 1. The molecule has 2 aromatic carbocycles. The van der Waals surface area contributed by atoms with E-state index in [9.17, 15) is 14.4 Å². The normalized spacial score (nSPS) is 11.2. The van der Waals surface area contributed by atoms with Gasteiger partial charge in [0.15, 0.2) is 5.16 Å². The molecule has 0 atom stereocenters. The summed E-state index contributed by atoms with van der Waals surface area (Å²) in [6.45, 7) is 0.930. The van der Waals surface area contributed by atoms with Gasteiger partial charge in [0, 0.05) is 37.5 Å². The van der Waals surface area contributed by atoms with Gasteiger partial charge in [0.05, 0.1) is 16.6 Å². The molecule has 9 heteroatoms. The Kier molecular flexibility index (Phi) is 7.94. The van der Waals surface area contributed by atoms with Crippen molar-refractivity contribution in [3.8, 4) is 0 Å². The molecule has 3 aromatic heterocycles. The quantitative estimate of drug-likeness (QED) is 0.220. The van der Waals surface area contributed by atoms with Crippen LogP contribution >= 0.6 is 11.8 Å². The molecule has 3 heterocycles. The molecule has 5 aromatic rings. The minimum atomic E-state index is -0.159. The SMILES string of the molecule is O=C(CCCn1c(SCc2cc(=O)n3ccccc3n2)nc2ccccc2c1=O)NCCc1ccccc1. The molecule has 38 heavy (non-hydrogen) atoms. The standard InChI is InChI=1S/C29H27N5O3S/c35-26(30-16-15-21-9-2-1-3-10-21)14-8-18-34-28(37)23-11-4-5-12-24(23)32-29(34)38-20-22-19-27(36)33-17-7-6-13-25(33)31-22/h1-7,9-13,17,19H,8,14-16,18,20H2,(H,30,35). The van der Waals surface area contributed by atoms with Crippen LogP contribution in [0.3, 0.4) is 0 Å². The smallest absolute Gasteiger partial charge is 0.262 e. The van der Waals surface area contributed by atoms with Crippen LogP contribution in [-0.4, -0.2) is 31.4 Å². The highest BCUT2D eigenvalue weighted by molar-refractivity contribution is 7.98. The maximum absolute atomic E-state index is 13.3. The fourth-order valence-corrected chi connectivity index (χ4v) is 5.17. The number of nitrogens with zero attached hydrogens (tertiary/aromatic N) is 4. The van der Waals surface area contributed by atoms with Crippen LogP contribution in [0.15, 0.2) is 99.8 Å². The molecule has 0 radical (unpaired) electrons. The van der Waals surface area contributed by atoms with Crippen molar-refractivity contribution in [1.29, 1.82) is 0 Å². The van der Waals surface area contributed by atoms with Crippen molar-refractivity contribution in [3.63, 3.8) is 0 Å². The minimum Gasteiger partial charge on any atom is -0.356 e. The molecule has 0 aliphatic carbocycles. The Morgan fingerprint density at radius 2 is 1.71 bits per heavy atom. The highest BCUT2D eigenvalue weighted by atomic mass is 32.2. The molecule has 0 saturated heterocycles. The van der Waals surface area contributed by atoms with Gasteiger partial charge in [0.2, 0.25) is 5.91 Å². The van der Waals surface area contributed by atoms with E-state index in [4.69, 9.17) is 4.98 Å². The zero-order chi connectivity index (χ0) is 26.3. The molecule has 0 saturated carbocycles. The first-order valence-electron chi connectivity index (χ1n) is 12.5. The zero-order valence-electron chi connectivity index (χ0n) is 20.7. The van der Waals surface area contributed by atoms with E-state index in [1.54, 1.807) is 29.0 Å². The summed E-state index contributed by atoms with van der Waals surface area (Å²) in [5.74, 6) is 0.337. The van der Waals surface area contributed by atoms with Crippen LogP contribution in [-0.2, 0) is 23.5 Å². The lowest BCUT2D eigenvalue weighted by Crippen LogP contribution is -2.27. The molecule has 5 rings (SSSR count). The van der Waals surface area contributed by atoms with E-state index in [2.05, 4.69) is 10.3 Å². The first kappa shape index (κ1) is 25.4. The van der Waals surface area contributed by atoms with Gasteiger partial charge in [-0.1, -0.05) is 60.3 Å². The molecular weight excluding hydrogens is 498 g/mol. The fraction of sp³-hybridized carbons (Fsp3) is 0.207. The number of rotatable bonds is 10. The van der Waals surface area contributed by atoms with Gasteiger partial charge >= 0.3 is 0 Å². The van der Waals surface area contributed by atoms with Crippen LogP contribution in [0, 0.1) is 0 Å². The number of carbonyl (C=O) groups is 1. The number of carbonyl (C=O) groups excluding carboxylic acids is 1. The van der Waals surface area contributed by atoms with Crippen LogP contribution in [0.4, 0.5) is 0 Å². The molecule has 0 spiro atoms. The molecule has 8 nitrogen and oxygen atoms in total. The molecule has 0 unspecified atom stereocenters. The van der Waals surface area contributed by atoms with E-state index in [0.29, 0.717) is 59.1 Å².